The highest BCUT2D eigenvalue weighted by Crippen LogP contribution is 2.35. The molecule has 0 N–H and O–H groups in total. The first-order valence-corrected chi connectivity index (χ1v) is 8.95. The molecule has 8 heteroatoms. The van der Waals surface area contributed by atoms with E-state index in [9.17, 15) is 18.0 Å². The van der Waals surface area contributed by atoms with Crippen molar-refractivity contribution < 1.29 is 22.4 Å². The van der Waals surface area contributed by atoms with Crippen molar-refractivity contribution in [3.63, 3.8) is 0 Å². The molecule has 0 unspecified atom stereocenters. The molecule has 2 aliphatic rings. The molecule has 5 nitrogen and oxygen atoms in total. The van der Waals surface area contributed by atoms with Crippen LogP contribution in [-0.2, 0) is 6.18 Å². The molecule has 4 rings (SSSR count). The summed E-state index contributed by atoms with van der Waals surface area (Å²) in [7, 11) is 0. The molecule has 2 aliphatic heterocycles. The Morgan fingerprint density at radius 2 is 1.89 bits per heavy atom. The van der Waals surface area contributed by atoms with Gasteiger partial charge in [-0.1, -0.05) is 12.1 Å². The monoisotopic (exact) mass is 389 g/mol. The number of benzene rings is 1. The SMILES string of the molecule is CC1=NC2(CCN(C(=O)c3ccco3)CC2)N=C1c1cccc(C(F)(F)F)c1. The highest BCUT2D eigenvalue weighted by molar-refractivity contribution is 6.48. The van der Waals surface area contributed by atoms with Crippen LogP contribution >= 0.6 is 0 Å². The normalized spacial score (nSPS) is 18.9. The molecular weight excluding hydrogens is 371 g/mol. The van der Waals surface area contributed by atoms with Gasteiger partial charge < -0.3 is 9.32 Å². The lowest BCUT2D eigenvalue weighted by Crippen LogP contribution is -2.44. The highest BCUT2D eigenvalue weighted by Gasteiger charge is 2.40. The maximum absolute atomic E-state index is 13.0. The van der Waals surface area contributed by atoms with Crippen LogP contribution in [0.1, 0.15) is 41.4 Å². The van der Waals surface area contributed by atoms with E-state index in [4.69, 9.17) is 9.41 Å². The van der Waals surface area contributed by atoms with Gasteiger partial charge in [0.1, 0.15) is 0 Å². The van der Waals surface area contributed by atoms with Crippen LogP contribution in [-0.4, -0.2) is 41.0 Å². The molecule has 1 fully saturated rings. The lowest BCUT2D eigenvalue weighted by Gasteiger charge is -2.35. The molecule has 1 aromatic heterocycles. The summed E-state index contributed by atoms with van der Waals surface area (Å²) in [5, 5.41) is 0. The summed E-state index contributed by atoms with van der Waals surface area (Å²) in [4.78, 5) is 23.4. The van der Waals surface area contributed by atoms with Crippen LogP contribution in [0.15, 0.2) is 57.1 Å². The molecule has 0 radical (unpaired) electrons. The lowest BCUT2D eigenvalue weighted by molar-refractivity contribution is -0.137. The molecule has 1 saturated heterocycles. The fourth-order valence-corrected chi connectivity index (χ4v) is 3.64. The maximum Gasteiger partial charge on any atom is 0.416 e. The summed E-state index contributed by atoms with van der Waals surface area (Å²) >= 11 is 0. The van der Waals surface area contributed by atoms with Crippen LogP contribution in [0.2, 0.25) is 0 Å². The van der Waals surface area contributed by atoms with Crippen molar-refractivity contribution in [1.29, 1.82) is 0 Å². The average molecular weight is 389 g/mol. The van der Waals surface area contributed by atoms with Gasteiger partial charge in [-0.05, 0) is 31.2 Å². The van der Waals surface area contributed by atoms with E-state index in [1.54, 1.807) is 30.0 Å². The molecule has 0 aliphatic carbocycles. The van der Waals surface area contributed by atoms with E-state index in [2.05, 4.69) is 4.99 Å². The third kappa shape index (κ3) is 3.34. The number of nitrogens with zero attached hydrogens (tertiary/aromatic N) is 3. The minimum atomic E-state index is -4.41. The Bertz CT molecular complexity index is 953. The Hall–Kier alpha value is -2.90. The second kappa shape index (κ2) is 6.61. The van der Waals surface area contributed by atoms with E-state index >= 15 is 0 Å². The number of carbonyl (C=O) groups is 1. The summed E-state index contributed by atoms with van der Waals surface area (Å²) in [6.45, 7) is 2.67. The van der Waals surface area contributed by atoms with Crippen LogP contribution < -0.4 is 0 Å². The van der Waals surface area contributed by atoms with Gasteiger partial charge in [0.2, 0.25) is 0 Å². The van der Waals surface area contributed by atoms with Gasteiger partial charge in [0.05, 0.1) is 23.2 Å². The number of alkyl halides is 3. The summed E-state index contributed by atoms with van der Waals surface area (Å²) in [6.07, 6.45) is -1.93. The zero-order chi connectivity index (χ0) is 19.9. The molecule has 28 heavy (non-hydrogen) atoms. The van der Waals surface area contributed by atoms with E-state index in [1.807, 2.05) is 0 Å². The van der Waals surface area contributed by atoms with Gasteiger partial charge in [-0.2, -0.15) is 13.2 Å². The maximum atomic E-state index is 13.0. The second-order valence-electron chi connectivity index (χ2n) is 6.99. The minimum absolute atomic E-state index is 0.180. The highest BCUT2D eigenvalue weighted by atomic mass is 19.4. The summed E-state index contributed by atoms with van der Waals surface area (Å²) in [5.74, 6) is 0.107. The number of piperidine rings is 1. The number of aliphatic imine (C=N–C) groups is 2. The molecule has 1 spiro atoms. The van der Waals surface area contributed by atoms with E-state index in [0.717, 1.165) is 12.1 Å². The first kappa shape index (κ1) is 18.5. The Kier molecular flexibility index (Phi) is 4.36. The van der Waals surface area contributed by atoms with Gasteiger partial charge in [-0.3, -0.25) is 14.8 Å². The van der Waals surface area contributed by atoms with Gasteiger partial charge in [0.15, 0.2) is 11.4 Å². The summed E-state index contributed by atoms with van der Waals surface area (Å²) in [6, 6.07) is 8.42. The number of hydrogen-bond acceptors (Lipinski definition) is 4. The molecular formula is C20H18F3N3O2. The van der Waals surface area contributed by atoms with Crippen molar-refractivity contribution in [2.75, 3.05) is 13.1 Å². The van der Waals surface area contributed by atoms with E-state index in [0.29, 0.717) is 42.9 Å². The third-order valence-corrected chi connectivity index (χ3v) is 5.09. The Morgan fingerprint density at radius 1 is 1.14 bits per heavy atom. The van der Waals surface area contributed by atoms with Crippen LogP contribution in [0.25, 0.3) is 0 Å². The van der Waals surface area contributed by atoms with Gasteiger partial charge in [-0.25, -0.2) is 0 Å². The summed E-state index contributed by atoms with van der Waals surface area (Å²) < 4.78 is 44.2. The van der Waals surface area contributed by atoms with Crippen molar-refractivity contribution in [3.8, 4) is 0 Å². The zero-order valence-corrected chi connectivity index (χ0v) is 15.2. The van der Waals surface area contributed by atoms with Crippen molar-refractivity contribution in [3.05, 3.63) is 59.5 Å². The number of halogens is 3. The standard InChI is InChI=1S/C20H18F3N3O2/c1-13-17(14-4-2-5-15(12-14)20(21,22)23)25-19(24-13)7-9-26(10-8-19)18(27)16-6-3-11-28-16/h2-6,11-12H,7-10H2,1H3. The summed E-state index contributed by atoms with van der Waals surface area (Å²) in [5.41, 5.74) is 0.0811. The van der Waals surface area contributed by atoms with Gasteiger partial charge >= 0.3 is 6.18 Å². The number of furan rings is 1. The van der Waals surface area contributed by atoms with E-state index in [1.165, 1.54) is 12.3 Å². The predicted octanol–water partition coefficient (Wildman–Crippen LogP) is 4.19. The average Bonchev–Trinajstić information content (AvgIpc) is 3.30. The van der Waals surface area contributed by atoms with E-state index < -0.39 is 17.4 Å². The Labute approximate surface area is 159 Å². The van der Waals surface area contributed by atoms with Gasteiger partial charge in [0, 0.05) is 31.5 Å². The number of carbonyl (C=O) groups excluding carboxylic acids is 1. The third-order valence-electron chi connectivity index (χ3n) is 5.09. The molecule has 0 atom stereocenters. The van der Waals surface area contributed by atoms with Crippen LogP contribution in [0, 0.1) is 0 Å². The van der Waals surface area contributed by atoms with Gasteiger partial charge in [0.25, 0.3) is 5.91 Å². The minimum Gasteiger partial charge on any atom is -0.459 e. The molecule has 3 heterocycles. The van der Waals surface area contributed by atoms with Crippen molar-refractivity contribution in [2.24, 2.45) is 9.98 Å². The lowest BCUT2D eigenvalue weighted by atomic mass is 9.98. The predicted molar refractivity (Wildman–Crippen MR) is 97.7 cm³/mol. The Balaban J connectivity index is 1.54. The van der Waals surface area contributed by atoms with Crippen molar-refractivity contribution in [1.82, 2.24) is 4.90 Å². The topological polar surface area (TPSA) is 58.2 Å². The Morgan fingerprint density at radius 3 is 2.54 bits per heavy atom. The van der Waals surface area contributed by atoms with Crippen molar-refractivity contribution >= 4 is 17.3 Å². The number of hydrogen-bond donors (Lipinski definition) is 0. The number of rotatable bonds is 2. The molecule has 0 bridgehead atoms. The van der Waals surface area contributed by atoms with Crippen LogP contribution in [0.4, 0.5) is 13.2 Å². The molecule has 0 saturated carbocycles. The molecule has 2 aromatic rings. The van der Waals surface area contributed by atoms with Crippen LogP contribution in [0.5, 0.6) is 0 Å². The fourth-order valence-electron chi connectivity index (χ4n) is 3.64. The molecule has 1 amide bonds. The van der Waals surface area contributed by atoms with Crippen molar-refractivity contribution in [2.45, 2.75) is 31.6 Å². The second-order valence-corrected chi connectivity index (χ2v) is 6.99. The number of likely N-dealkylation sites (tertiary alicyclic amines) is 1. The van der Waals surface area contributed by atoms with Gasteiger partial charge in [-0.15, -0.1) is 0 Å². The molecule has 146 valence electrons. The smallest absolute Gasteiger partial charge is 0.416 e. The number of amides is 1. The zero-order valence-electron chi connectivity index (χ0n) is 15.2. The molecule has 1 aromatic carbocycles. The fraction of sp³-hybridized carbons (Fsp3) is 0.350. The van der Waals surface area contributed by atoms with Crippen LogP contribution in [0.3, 0.4) is 0 Å². The van der Waals surface area contributed by atoms with E-state index in [-0.39, 0.29) is 11.7 Å². The largest absolute Gasteiger partial charge is 0.459 e. The first-order valence-electron chi connectivity index (χ1n) is 8.95. The first-order chi connectivity index (χ1) is 13.3. The quantitative estimate of drug-likeness (QED) is 0.773.